The number of fused-ring (bicyclic) bond motifs is 1. The fourth-order valence-electron chi connectivity index (χ4n) is 3.31. The maximum atomic E-state index is 13.1. The molecule has 4 rings (SSSR count). The van der Waals surface area contributed by atoms with Crippen LogP contribution in [0.2, 0.25) is 0 Å². The van der Waals surface area contributed by atoms with Crippen LogP contribution < -0.4 is 5.32 Å². The molecule has 0 aliphatic rings. The molecule has 0 bridgehead atoms. The summed E-state index contributed by atoms with van der Waals surface area (Å²) in [6.45, 7) is 2.06. The summed E-state index contributed by atoms with van der Waals surface area (Å²) in [6, 6.07) is 15.1. The molecule has 1 aromatic carbocycles. The van der Waals surface area contributed by atoms with E-state index in [1.807, 2.05) is 6.07 Å². The molecule has 0 saturated heterocycles. The lowest BCUT2D eigenvalue weighted by molar-refractivity contribution is 0.0528. The van der Waals surface area contributed by atoms with Crippen LogP contribution in [0.5, 0.6) is 0 Å². The van der Waals surface area contributed by atoms with Crippen LogP contribution in [0.25, 0.3) is 5.52 Å². The minimum atomic E-state index is -0.563. The summed E-state index contributed by atoms with van der Waals surface area (Å²) in [7, 11) is 0. The first kappa shape index (κ1) is 20.9. The van der Waals surface area contributed by atoms with Gasteiger partial charge in [0.05, 0.1) is 29.9 Å². The summed E-state index contributed by atoms with van der Waals surface area (Å²) in [5.41, 5.74) is 1.75. The zero-order valence-electron chi connectivity index (χ0n) is 17.3. The number of carbonyl (C=O) groups excluding carboxylic acids is 3. The Bertz CT molecular complexity index is 1280. The van der Waals surface area contributed by atoms with Gasteiger partial charge in [-0.2, -0.15) is 0 Å². The van der Waals surface area contributed by atoms with E-state index >= 15 is 0 Å². The van der Waals surface area contributed by atoms with Crippen molar-refractivity contribution in [1.82, 2.24) is 19.7 Å². The van der Waals surface area contributed by atoms with Crippen LogP contribution in [0.3, 0.4) is 0 Å². The van der Waals surface area contributed by atoms with Crippen molar-refractivity contribution >= 4 is 23.2 Å². The summed E-state index contributed by atoms with van der Waals surface area (Å²) in [6.07, 6.45) is 4.79. The molecular formula is C24H20N4O4. The second-order valence-corrected chi connectivity index (χ2v) is 6.88. The Balaban J connectivity index is 1.70. The molecule has 0 aliphatic carbocycles. The number of benzene rings is 1. The molecule has 0 unspecified atom stereocenters. The van der Waals surface area contributed by atoms with E-state index < -0.39 is 5.97 Å². The van der Waals surface area contributed by atoms with Crippen molar-refractivity contribution in [3.8, 4) is 0 Å². The van der Waals surface area contributed by atoms with E-state index in [0.717, 1.165) is 0 Å². The lowest BCUT2D eigenvalue weighted by Crippen LogP contribution is -2.24. The molecule has 0 fully saturated rings. The van der Waals surface area contributed by atoms with Gasteiger partial charge in [-0.15, -0.1) is 0 Å². The van der Waals surface area contributed by atoms with Crippen molar-refractivity contribution in [2.45, 2.75) is 13.5 Å². The lowest BCUT2D eigenvalue weighted by Gasteiger charge is -2.07. The first-order valence-corrected chi connectivity index (χ1v) is 10.0. The molecule has 1 amide bonds. The Morgan fingerprint density at radius 1 is 0.969 bits per heavy atom. The predicted octanol–water partition coefficient (Wildman–Crippen LogP) is 3.07. The SMILES string of the molecule is CCOC(=O)c1cc(C(=O)c2ccccc2)n2ccc(C(=O)NCc3ncccn3)cc12. The molecule has 4 aromatic rings. The standard InChI is InChI=1S/C24H20N4O4/c1-2-32-24(31)18-14-20(22(29)16-7-4-3-5-8-16)28-12-9-17(13-19(18)28)23(30)27-15-21-25-10-6-11-26-21/h3-14H,2,15H2,1H3,(H,27,30). The Hall–Kier alpha value is -4.33. The molecule has 32 heavy (non-hydrogen) atoms. The van der Waals surface area contributed by atoms with E-state index in [0.29, 0.717) is 28.2 Å². The Labute approximate surface area is 183 Å². The van der Waals surface area contributed by atoms with Gasteiger partial charge in [0.2, 0.25) is 5.78 Å². The number of carbonyl (C=O) groups is 3. The van der Waals surface area contributed by atoms with Gasteiger partial charge in [-0.05, 0) is 31.2 Å². The molecule has 3 aromatic heterocycles. The van der Waals surface area contributed by atoms with Gasteiger partial charge in [-0.25, -0.2) is 14.8 Å². The van der Waals surface area contributed by atoms with Gasteiger partial charge in [-0.1, -0.05) is 30.3 Å². The third-order valence-corrected chi connectivity index (χ3v) is 4.82. The van der Waals surface area contributed by atoms with Crippen molar-refractivity contribution < 1.29 is 19.1 Å². The quantitative estimate of drug-likeness (QED) is 0.359. The molecule has 0 radical (unpaired) electrons. The summed E-state index contributed by atoms with van der Waals surface area (Å²) in [5, 5.41) is 2.75. The zero-order chi connectivity index (χ0) is 22.5. The van der Waals surface area contributed by atoms with Crippen molar-refractivity contribution in [3.05, 3.63) is 101 Å². The van der Waals surface area contributed by atoms with Crippen molar-refractivity contribution in [2.24, 2.45) is 0 Å². The predicted molar refractivity (Wildman–Crippen MR) is 116 cm³/mol. The highest BCUT2D eigenvalue weighted by Gasteiger charge is 2.22. The molecule has 8 heteroatoms. The molecule has 0 aliphatic heterocycles. The Morgan fingerprint density at radius 3 is 2.44 bits per heavy atom. The number of ketones is 1. The average Bonchev–Trinajstić information content (AvgIpc) is 3.22. The normalized spacial score (nSPS) is 10.7. The van der Waals surface area contributed by atoms with Crippen molar-refractivity contribution in [1.29, 1.82) is 0 Å². The smallest absolute Gasteiger partial charge is 0.340 e. The van der Waals surface area contributed by atoms with E-state index in [4.69, 9.17) is 4.74 Å². The van der Waals surface area contributed by atoms with Crippen LogP contribution in [0.1, 0.15) is 49.5 Å². The van der Waals surface area contributed by atoms with Gasteiger partial charge >= 0.3 is 5.97 Å². The molecule has 1 N–H and O–H groups in total. The third kappa shape index (κ3) is 4.24. The van der Waals surface area contributed by atoms with Crippen LogP contribution in [-0.2, 0) is 11.3 Å². The first-order chi connectivity index (χ1) is 15.6. The van der Waals surface area contributed by atoms with E-state index in [9.17, 15) is 14.4 Å². The molecule has 8 nitrogen and oxygen atoms in total. The van der Waals surface area contributed by atoms with E-state index in [2.05, 4.69) is 15.3 Å². The number of nitrogens with one attached hydrogen (secondary N) is 1. The number of ether oxygens (including phenoxy) is 1. The first-order valence-electron chi connectivity index (χ1n) is 10.0. The largest absolute Gasteiger partial charge is 0.462 e. The van der Waals surface area contributed by atoms with E-state index in [1.165, 1.54) is 6.07 Å². The third-order valence-electron chi connectivity index (χ3n) is 4.82. The topological polar surface area (TPSA) is 103 Å². The van der Waals surface area contributed by atoms with Crippen LogP contribution >= 0.6 is 0 Å². The second-order valence-electron chi connectivity index (χ2n) is 6.88. The average molecular weight is 428 g/mol. The van der Waals surface area contributed by atoms with Gasteiger partial charge in [0.25, 0.3) is 5.91 Å². The van der Waals surface area contributed by atoms with Gasteiger partial charge in [0.1, 0.15) is 5.82 Å². The van der Waals surface area contributed by atoms with Gasteiger partial charge < -0.3 is 14.5 Å². The Morgan fingerprint density at radius 2 is 1.72 bits per heavy atom. The maximum absolute atomic E-state index is 13.1. The number of amides is 1. The molecular weight excluding hydrogens is 408 g/mol. The number of hydrogen-bond acceptors (Lipinski definition) is 6. The highest BCUT2D eigenvalue weighted by atomic mass is 16.5. The number of pyridine rings is 1. The molecule has 0 spiro atoms. The number of esters is 1. The summed E-state index contributed by atoms with van der Waals surface area (Å²) in [4.78, 5) is 46.4. The monoisotopic (exact) mass is 428 g/mol. The highest BCUT2D eigenvalue weighted by molar-refractivity contribution is 6.11. The maximum Gasteiger partial charge on any atom is 0.340 e. The lowest BCUT2D eigenvalue weighted by atomic mass is 10.1. The van der Waals surface area contributed by atoms with Crippen molar-refractivity contribution in [2.75, 3.05) is 6.61 Å². The number of nitrogens with zero attached hydrogens (tertiary/aromatic N) is 3. The van der Waals surface area contributed by atoms with Crippen LogP contribution in [0.4, 0.5) is 0 Å². The second kappa shape index (κ2) is 9.22. The highest BCUT2D eigenvalue weighted by Crippen LogP contribution is 2.22. The number of hydrogen-bond donors (Lipinski definition) is 1. The number of aromatic nitrogens is 3. The van der Waals surface area contributed by atoms with Crippen molar-refractivity contribution in [3.63, 3.8) is 0 Å². The summed E-state index contributed by atoms with van der Waals surface area (Å²) >= 11 is 0. The Kier molecular flexibility index (Phi) is 6.03. The fourth-order valence-corrected chi connectivity index (χ4v) is 3.31. The fraction of sp³-hybridized carbons (Fsp3) is 0.125. The van der Waals surface area contributed by atoms with Gasteiger partial charge in [0, 0.05) is 29.7 Å². The van der Waals surface area contributed by atoms with Crippen LogP contribution in [0, 0.1) is 0 Å². The summed E-state index contributed by atoms with van der Waals surface area (Å²) < 4.78 is 6.76. The zero-order valence-corrected chi connectivity index (χ0v) is 17.3. The minimum Gasteiger partial charge on any atom is -0.462 e. The van der Waals surface area contributed by atoms with Crippen LogP contribution in [0.15, 0.2) is 73.2 Å². The molecule has 3 heterocycles. The minimum absolute atomic E-state index is 0.161. The van der Waals surface area contributed by atoms with E-state index in [1.54, 1.807) is 72.4 Å². The van der Waals surface area contributed by atoms with E-state index in [-0.39, 0.29) is 30.4 Å². The molecule has 160 valence electrons. The number of rotatable bonds is 7. The van der Waals surface area contributed by atoms with Gasteiger partial charge in [0.15, 0.2) is 0 Å². The summed E-state index contributed by atoms with van der Waals surface area (Å²) in [5.74, 6) is -0.679. The van der Waals surface area contributed by atoms with Crippen LogP contribution in [-0.4, -0.2) is 38.6 Å². The van der Waals surface area contributed by atoms with Gasteiger partial charge in [-0.3, -0.25) is 9.59 Å². The molecule has 0 saturated carbocycles. The molecule has 0 atom stereocenters.